The van der Waals surface area contributed by atoms with Gasteiger partial charge in [0.25, 0.3) is 0 Å². The third-order valence-corrected chi connectivity index (χ3v) is 3.53. The van der Waals surface area contributed by atoms with E-state index in [1.165, 1.54) is 6.07 Å². The van der Waals surface area contributed by atoms with Crippen molar-refractivity contribution in [3.63, 3.8) is 0 Å². The number of likely N-dealkylation sites (N-methyl/N-ethyl adjacent to an activating group) is 1. The Bertz CT molecular complexity index is 376. The van der Waals surface area contributed by atoms with Gasteiger partial charge in [-0.2, -0.15) is 0 Å². The van der Waals surface area contributed by atoms with Gasteiger partial charge in [0.15, 0.2) is 0 Å². The number of nitrogens with zero attached hydrogens (tertiary/aromatic N) is 1. The third kappa shape index (κ3) is 4.65. The molecule has 1 aromatic carbocycles. The maximum absolute atomic E-state index is 13.5. The van der Waals surface area contributed by atoms with Gasteiger partial charge in [-0.3, -0.25) is 0 Å². The minimum atomic E-state index is -0.214. The Hall–Kier alpha value is -0.490. The third-order valence-electron chi connectivity index (χ3n) is 3.04. The van der Waals surface area contributed by atoms with E-state index in [1.54, 1.807) is 12.1 Å². The molecule has 0 saturated carbocycles. The molecule has 1 aromatic rings. The van der Waals surface area contributed by atoms with Crippen molar-refractivity contribution in [1.29, 1.82) is 0 Å². The van der Waals surface area contributed by atoms with Crippen molar-refractivity contribution in [2.75, 3.05) is 26.8 Å². The van der Waals surface area contributed by atoms with Gasteiger partial charge in [0.2, 0.25) is 0 Å². The lowest BCUT2D eigenvalue weighted by molar-refractivity contribution is 0.120. The predicted molar refractivity (Wildman–Crippen MR) is 73.0 cm³/mol. The molecule has 0 aliphatic rings. The van der Waals surface area contributed by atoms with Gasteiger partial charge in [-0.1, -0.05) is 15.9 Å². The zero-order valence-electron chi connectivity index (χ0n) is 10.4. The topological polar surface area (TPSA) is 43.7 Å². The van der Waals surface area contributed by atoms with Crippen LogP contribution in [0.5, 0.6) is 0 Å². The summed E-state index contributed by atoms with van der Waals surface area (Å²) in [5.74, 6) is -0.214. The van der Waals surface area contributed by atoms with Crippen molar-refractivity contribution in [1.82, 2.24) is 4.90 Å². The van der Waals surface area contributed by atoms with E-state index in [1.807, 2.05) is 11.9 Å². The number of aliphatic hydroxyl groups excluding tert-OH is 2. The number of halogens is 2. The standard InChI is InChI=1S/C13H19BrFNO2/c1-16(12(9-18)5-7-17)6-4-10-8-11(14)2-3-13(10)15/h2-3,8,12,17-18H,4-7,9H2,1H3. The van der Waals surface area contributed by atoms with Crippen LogP contribution in [0.25, 0.3) is 0 Å². The van der Waals surface area contributed by atoms with Crippen molar-refractivity contribution in [3.8, 4) is 0 Å². The van der Waals surface area contributed by atoms with Crippen LogP contribution in [0.2, 0.25) is 0 Å². The van der Waals surface area contributed by atoms with Gasteiger partial charge in [-0.05, 0) is 43.7 Å². The summed E-state index contributed by atoms with van der Waals surface area (Å²) in [4.78, 5) is 1.94. The molecule has 0 aliphatic heterocycles. The Morgan fingerprint density at radius 3 is 2.72 bits per heavy atom. The van der Waals surface area contributed by atoms with Crippen LogP contribution in [0.15, 0.2) is 22.7 Å². The number of rotatable bonds is 7. The van der Waals surface area contributed by atoms with E-state index in [0.717, 1.165) is 4.47 Å². The fraction of sp³-hybridized carbons (Fsp3) is 0.538. The Kier molecular flexibility index (Phi) is 6.78. The molecule has 5 heteroatoms. The molecule has 1 rings (SSSR count). The summed E-state index contributed by atoms with van der Waals surface area (Å²) < 4.78 is 14.4. The maximum Gasteiger partial charge on any atom is 0.126 e. The summed E-state index contributed by atoms with van der Waals surface area (Å²) in [5.41, 5.74) is 0.650. The zero-order chi connectivity index (χ0) is 13.5. The van der Waals surface area contributed by atoms with E-state index in [2.05, 4.69) is 15.9 Å². The molecular weight excluding hydrogens is 301 g/mol. The Morgan fingerprint density at radius 1 is 1.39 bits per heavy atom. The van der Waals surface area contributed by atoms with E-state index in [0.29, 0.717) is 24.9 Å². The molecule has 0 saturated heterocycles. The lowest BCUT2D eigenvalue weighted by Crippen LogP contribution is -2.37. The second kappa shape index (κ2) is 7.84. The van der Waals surface area contributed by atoms with Crippen molar-refractivity contribution in [2.24, 2.45) is 0 Å². The molecule has 0 aliphatic carbocycles. The van der Waals surface area contributed by atoms with Crippen LogP contribution in [-0.2, 0) is 6.42 Å². The average molecular weight is 320 g/mol. The summed E-state index contributed by atoms with van der Waals surface area (Å²) in [7, 11) is 1.87. The zero-order valence-corrected chi connectivity index (χ0v) is 12.0. The fourth-order valence-corrected chi connectivity index (χ4v) is 2.22. The largest absolute Gasteiger partial charge is 0.396 e. The first-order valence-corrected chi connectivity index (χ1v) is 6.73. The molecule has 0 amide bonds. The molecule has 2 N–H and O–H groups in total. The fourth-order valence-electron chi connectivity index (χ4n) is 1.81. The molecule has 0 spiro atoms. The summed E-state index contributed by atoms with van der Waals surface area (Å²) in [6, 6.07) is 4.80. The Morgan fingerprint density at radius 2 is 2.11 bits per heavy atom. The highest BCUT2D eigenvalue weighted by Crippen LogP contribution is 2.16. The van der Waals surface area contributed by atoms with E-state index in [-0.39, 0.29) is 25.1 Å². The molecule has 0 heterocycles. The van der Waals surface area contributed by atoms with Crippen molar-refractivity contribution < 1.29 is 14.6 Å². The second-order valence-corrected chi connectivity index (χ2v) is 5.23. The molecule has 1 atom stereocenters. The van der Waals surface area contributed by atoms with E-state index in [9.17, 15) is 9.50 Å². The highest BCUT2D eigenvalue weighted by molar-refractivity contribution is 9.10. The molecule has 3 nitrogen and oxygen atoms in total. The van der Waals surface area contributed by atoms with Crippen LogP contribution < -0.4 is 0 Å². The van der Waals surface area contributed by atoms with Crippen LogP contribution in [-0.4, -0.2) is 48.0 Å². The van der Waals surface area contributed by atoms with Gasteiger partial charge >= 0.3 is 0 Å². The first-order chi connectivity index (χ1) is 8.58. The van der Waals surface area contributed by atoms with E-state index in [4.69, 9.17) is 5.11 Å². The Labute approximate surface area is 115 Å². The van der Waals surface area contributed by atoms with Crippen LogP contribution in [0.1, 0.15) is 12.0 Å². The number of hydrogen-bond acceptors (Lipinski definition) is 3. The van der Waals surface area contributed by atoms with E-state index >= 15 is 0 Å². The molecular formula is C13H19BrFNO2. The summed E-state index contributed by atoms with van der Waals surface area (Å²) in [6.45, 7) is 0.678. The summed E-state index contributed by atoms with van der Waals surface area (Å²) in [5, 5.41) is 18.1. The molecule has 0 bridgehead atoms. The van der Waals surface area contributed by atoms with Gasteiger partial charge in [-0.25, -0.2) is 4.39 Å². The first-order valence-electron chi connectivity index (χ1n) is 5.94. The van der Waals surface area contributed by atoms with Gasteiger partial charge in [-0.15, -0.1) is 0 Å². The van der Waals surface area contributed by atoms with Gasteiger partial charge < -0.3 is 15.1 Å². The maximum atomic E-state index is 13.5. The summed E-state index contributed by atoms with van der Waals surface area (Å²) in [6.07, 6.45) is 1.09. The minimum absolute atomic E-state index is 0.00196. The molecule has 102 valence electrons. The highest BCUT2D eigenvalue weighted by Gasteiger charge is 2.13. The Balaban J connectivity index is 2.55. The van der Waals surface area contributed by atoms with Gasteiger partial charge in [0.1, 0.15) is 5.82 Å². The highest BCUT2D eigenvalue weighted by atomic mass is 79.9. The lowest BCUT2D eigenvalue weighted by atomic mass is 10.1. The molecule has 0 aromatic heterocycles. The predicted octanol–water partition coefficient (Wildman–Crippen LogP) is 1.81. The molecule has 18 heavy (non-hydrogen) atoms. The summed E-state index contributed by atoms with van der Waals surface area (Å²) >= 11 is 3.32. The molecule has 0 radical (unpaired) electrons. The van der Waals surface area contributed by atoms with Crippen LogP contribution in [0.4, 0.5) is 4.39 Å². The smallest absolute Gasteiger partial charge is 0.126 e. The van der Waals surface area contributed by atoms with Crippen molar-refractivity contribution in [3.05, 3.63) is 34.1 Å². The lowest BCUT2D eigenvalue weighted by Gasteiger charge is -2.25. The van der Waals surface area contributed by atoms with Crippen molar-refractivity contribution >= 4 is 15.9 Å². The molecule has 1 unspecified atom stereocenters. The number of benzene rings is 1. The van der Waals surface area contributed by atoms with Crippen LogP contribution in [0, 0.1) is 5.82 Å². The average Bonchev–Trinajstić information content (AvgIpc) is 2.36. The quantitative estimate of drug-likeness (QED) is 0.805. The van der Waals surface area contributed by atoms with Crippen LogP contribution >= 0.6 is 15.9 Å². The minimum Gasteiger partial charge on any atom is -0.396 e. The van der Waals surface area contributed by atoms with Crippen molar-refractivity contribution in [2.45, 2.75) is 18.9 Å². The van der Waals surface area contributed by atoms with Gasteiger partial charge in [0, 0.05) is 23.7 Å². The number of aliphatic hydroxyl groups is 2. The first kappa shape index (κ1) is 15.6. The van der Waals surface area contributed by atoms with Gasteiger partial charge in [0.05, 0.1) is 6.61 Å². The van der Waals surface area contributed by atoms with Crippen LogP contribution in [0.3, 0.4) is 0 Å². The second-order valence-electron chi connectivity index (χ2n) is 4.32. The van der Waals surface area contributed by atoms with E-state index < -0.39 is 0 Å². The monoisotopic (exact) mass is 319 g/mol. The number of hydrogen-bond donors (Lipinski definition) is 2. The normalized spacial score (nSPS) is 13.0. The SMILES string of the molecule is CN(CCc1cc(Br)ccc1F)C(CO)CCO. The molecule has 0 fully saturated rings.